The molecule has 0 atom stereocenters. The van der Waals surface area contributed by atoms with Crippen LogP contribution in [0.1, 0.15) is 15.9 Å². The first-order valence-corrected chi connectivity index (χ1v) is 8.78. The predicted molar refractivity (Wildman–Crippen MR) is 102 cm³/mol. The van der Waals surface area contributed by atoms with Crippen molar-refractivity contribution in [3.8, 4) is 0 Å². The van der Waals surface area contributed by atoms with Crippen LogP contribution in [0.3, 0.4) is 0 Å². The Morgan fingerprint density at radius 3 is 2.42 bits per heavy atom. The van der Waals surface area contributed by atoms with Crippen molar-refractivity contribution in [2.75, 3.05) is 0 Å². The van der Waals surface area contributed by atoms with E-state index in [1.165, 1.54) is 0 Å². The van der Waals surface area contributed by atoms with Gasteiger partial charge >= 0.3 is 0 Å². The molecule has 1 fully saturated rings. The number of nitrogens with zero attached hydrogens (tertiary/aromatic N) is 1. The first-order chi connectivity index (χ1) is 11.5. The number of carbonyl (C=O) groups excluding carboxylic acids is 2. The summed E-state index contributed by atoms with van der Waals surface area (Å²) in [6, 6.07) is 13.6. The molecule has 1 aliphatic rings. The van der Waals surface area contributed by atoms with E-state index in [-0.39, 0.29) is 14.9 Å². The standard InChI is InChI=1S/C17H9Cl2NO2S2/c18-11-7-5-10(6-8-11)9-14-16(22)20(17(23)24-14)15(21)12-3-1-2-4-13(12)19/h1-9H/b14-9+. The van der Waals surface area contributed by atoms with Crippen molar-refractivity contribution < 1.29 is 9.59 Å². The second kappa shape index (κ2) is 7.07. The quantitative estimate of drug-likeness (QED) is 0.407. The number of thioether (sulfide) groups is 1. The number of thiocarbonyl (C=S) groups is 1. The molecule has 0 radical (unpaired) electrons. The van der Waals surface area contributed by atoms with Gasteiger partial charge in [0.2, 0.25) is 0 Å². The number of amides is 2. The molecular formula is C17H9Cl2NO2S2. The highest BCUT2D eigenvalue weighted by atomic mass is 35.5. The smallest absolute Gasteiger partial charge is 0.268 e. The van der Waals surface area contributed by atoms with E-state index < -0.39 is 11.8 Å². The van der Waals surface area contributed by atoms with Gasteiger partial charge < -0.3 is 0 Å². The summed E-state index contributed by atoms with van der Waals surface area (Å²) in [6.07, 6.45) is 1.68. The summed E-state index contributed by atoms with van der Waals surface area (Å²) >= 11 is 18.2. The largest absolute Gasteiger partial charge is 0.273 e. The number of carbonyl (C=O) groups is 2. The van der Waals surface area contributed by atoms with Gasteiger partial charge in [0.1, 0.15) is 0 Å². The number of hydrogen-bond acceptors (Lipinski definition) is 4. The average Bonchev–Trinajstić information content (AvgIpc) is 2.83. The highest BCUT2D eigenvalue weighted by Crippen LogP contribution is 2.34. The molecule has 7 heteroatoms. The normalized spacial score (nSPS) is 16.1. The highest BCUT2D eigenvalue weighted by molar-refractivity contribution is 8.26. The van der Waals surface area contributed by atoms with Crippen LogP contribution < -0.4 is 0 Å². The van der Waals surface area contributed by atoms with Crippen LogP contribution in [0.25, 0.3) is 6.08 Å². The van der Waals surface area contributed by atoms with Gasteiger partial charge in [-0.2, -0.15) is 0 Å². The minimum atomic E-state index is -0.525. The second-order valence-electron chi connectivity index (χ2n) is 4.85. The lowest BCUT2D eigenvalue weighted by atomic mass is 10.2. The molecule has 2 aromatic rings. The predicted octanol–water partition coefficient (Wildman–Crippen LogP) is 5.04. The minimum absolute atomic E-state index is 0.185. The Morgan fingerprint density at radius 2 is 1.75 bits per heavy atom. The third-order valence-electron chi connectivity index (χ3n) is 3.27. The molecule has 0 unspecified atom stereocenters. The van der Waals surface area contributed by atoms with Crippen LogP contribution in [0.5, 0.6) is 0 Å². The van der Waals surface area contributed by atoms with E-state index in [1.54, 1.807) is 54.6 Å². The maximum atomic E-state index is 12.6. The second-order valence-corrected chi connectivity index (χ2v) is 7.37. The van der Waals surface area contributed by atoms with Crippen LogP contribution >= 0.6 is 47.2 Å². The zero-order valence-electron chi connectivity index (χ0n) is 12.0. The molecule has 2 amide bonds. The van der Waals surface area contributed by atoms with Crippen molar-refractivity contribution in [2.45, 2.75) is 0 Å². The fourth-order valence-corrected chi connectivity index (χ4v) is 3.70. The van der Waals surface area contributed by atoms with Crippen molar-refractivity contribution in [1.29, 1.82) is 0 Å². The first-order valence-electron chi connectivity index (χ1n) is 6.80. The van der Waals surface area contributed by atoms with E-state index in [0.29, 0.717) is 9.93 Å². The van der Waals surface area contributed by atoms with E-state index in [4.69, 9.17) is 35.4 Å². The molecule has 120 valence electrons. The zero-order valence-corrected chi connectivity index (χ0v) is 15.2. The summed E-state index contributed by atoms with van der Waals surface area (Å²) in [5.74, 6) is -0.979. The van der Waals surface area contributed by atoms with Crippen molar-refractivity contribution in [1.82, 2.24) is 4.90 Å². The summed E-state index contributed by atoms with van der Waals surface area (Å²) in [5.41, 5.74) is 1.04. The Morgan fingerprint density at radius 1 is 1.08 bits per heavy atom. The van der Waals surface area contributed by atoms with Gasteiger partial charge in [0, 0.05) is 5.02 Å². The van der Waals surface area contributed by atoms with Crippen molar-refractivity contribution in [2.24, 2.45) is 0 Å². The molecule has 0 saturated carbocycles. The summed E-state index contributed by atoms with van der Waals surface area (Å²) in [4.78, 5) is 26.5. The summed E-state index contributed by atoms with van der Waals surface area (Å²) < 4.78 is 0.185. The fourth-order valence-electron chi connectivity index (χ4n) is 2.11. The summed E-state index contributed by atoms with van der Waals surface area (Å²) in [7, 11) is 0. The molecule has 0 spiro atoms. The Labute approximate surface area is 158 Å². The third kappa shape index (κ3) is 3.39. The maximum absolute atomic E-state index is 12.6. The molecule has 1 aliphatic heterocycles. The van der Waals surface area contributed by atoms with Gasteiger partial charge in [-0.15, -0.1) is 0 Å². The maximum Gasteiger partial charge on any atom is 0.273 e. The topological polar surface area (TPSA) is 37.4 Å². The lowest BCUT2D eigenvalue weighted by molar-refractivity contribution is -0.120. The molecule has 0 bridgehead atoms. The molecule has 1 heterocycles. The number of imide groups is 1. The molecule has 1 saturated heterocycles. The molecule has 3 rings (SSSR count). The van der Waals surface area contributed by atoms with Crippen LogP contribution in [0.15, 0.2) is 53.4 Å². The molecule has 3 nitrogen and oxygen atoms in total. The van der Waals surface area contributed by atoms with Gasteiger partial charge in [-0.05, 0) is 35.9 Å². The number of hydrogen-bond donors (Lipinski definition) is 0. The molecule has 0 aromatic heterocycles. The van der Waals surface area contributed by atoms with Crippen LogP contribution in [-0.4, -0.2) is 21.0 Å². The molecule has 2 aromatic carbocycles. The van der Waals surface area contributed by atoms with Crippen molar-refractivity contribution in [3.05, 3.63) is 74.6 Å². The van der Waals surface area contributed by atoms with Gasteiger partial charge in [-0.1, -0.05) is 71.4 Å². The Kier molecular flexibility index (Phi) is 5.06. The number of rotatable bonds is 2. The van der Waals surface area contributed by atoms with Crippen LogP contribution in [0, 0.1) is 0 Å². The Bertz CT molecular complexity index is 878. The van der Waals surface area contributed by atoms with Crippen molar-refractivity contribution >= 4 is 69.4 Å². The SMILES string of the molecule is O=C1/C(=C\c2ccc(Cl)cc2)SC(=S)N1C(=O)c1ccccc1Cl. The van der Waals surface area contributed by atoms with Gasteiger partial charge in [-0.25, -0.2) is 4.90 Å². The number of benzene rings is 2. The average molecular weight is 394 g/mol. The number of halogens is 2. The third-order valence-corrected chi connectivity index (χ3v) is 5.15. The van der Waals surface area contributed by atoms with E-state index in [0.717, 1.165) is 22.2 Å². The van der Waals surface area contributed by atoms with Crippen LogP contribution in [0.2, 0.25) is 10.0 Å². The van der Waals surface area contributed by atoms with E-state index in [2.05, 4.69) is 0 Å². The summed E-state index contributed by atoms with van der Waals surface area (Å²) in [6.45, 7) is 0. The zero-order chi connectivity index (χ0) is 17.3. The lowest BCUT2D eigenvalue weighted by Gasteiger charge is -2.13. The molecule has 0 N–H and O–H groups in total. The van der Waals surface area contributed by atoms with E-state index in [1.807, 2.05) is 0 Å². The van der Waals surface area contributed by atoms with E-state index in [9.17, 15) is 9.59 Å². The van der Waals surface area contributed by atoms with Gasteiger partial charge in [0.05, 0.1) is 15.5 Å². The fraction of sp³-hybridized carbons (Fsp3) is 0. The van der Waals surface area contributed by atoms with Crippen LogP contribution in [-0.2, 0) is 4.79 Å². The lowest BCUT2D eigenvalue weighted by Crippen LogP contribution is -2.34. The minimum Gasteiger partial charge on any atom is -0.268 e. The van der Waals surface area contributed by atoms with Crippen molar-refractivity contribution in [3.63, 3.8) is 0 Å². The van der Waals surface area contributed by atoms with Crippen LogP contribution in [0.4, 0.5) is 0 Å². The van der Waals surface area contributed by atoms with Gasteiger partial charge in [-0.3, -0.25) is 9.59 Å². The first kappa shape index (κ1) is 17.2. The van der Waals surface area contributed by atoms with Gasteiger partial charge in [0.15, 0.2) is 4.32 Å². The van der Waals surface area contributed by atoms with Gasteiger partial charge in [0.25, 0.3) is 11.8 Å². The molecular weight excluding hydrogens is 385 g/mol. The Hall–Kier alpha value is -1.66. The Balaban J connectivity index is 1.91. The summed E-state index contributed by atoms with van der Waals surface area (Å²) in [5, 5.41) is 0.881. The molecule has 0 aliphatic carbocycles. The monoisotopic (exact) mass is 393 g/mol. The molecule has 24 heavy (non-hydrogen) atoms. The van der Waals surface area contributed by atoms with E-state index >= 15 is 0 Å². The highest BCUT2D eigenvalue weighted by Gasteiger charge is 2.37.